The van der Waals surface area contributed by atoms with Crippen LogP contribution in [0, 0.1) is 0 Å². The number of likely N-dealkylation sites (tertiary alicyclic amines) is 1. The molecule has 6 nitrogen and oxygen atoms in total. The van der Waals surface area contributed by atoms with Crippen molar-refractivity contribution in [3.05, 3.63) is 71.3 Å². The van der Waals surface area contributed by atoms with Crippen LogP contribution in [0.3, 0.4) is 0 Å². The summed E-state index contributed by atoms with van der Waals surface area (Å²) in [6.45, 7) is 5.62. The molecule has 0 radical (unpaired) electrons. The number of hydrogen-bond acceptors (Lipinski definition) is 5. The summed E-state index contributed by atoms with van der Waals surface area (Å²) in [4.78, 5) is 30.0. The van der Waals surface area contributed by atoms with Crippen molar-refractivity contribution in [3.8, 4) is 0 Å². The van der Waals surface area contributed by atoms with Gasteiger partial charge in [0.2, 0.25) is 6.10 Å². The molecule has 0 aromatic heterocycles. The van der Waals surface area contributed by atoms with Gasteiger partial charge in [0.25, 0.3) is 5.91 Å². The molecule has 2 aromatic rings. The molecule has 2 fully saturated rings. The first-order valence-corrected chi connectivity index (χ1v) is 10.6. The molecule has 2 aromatic carbocycles. The molecule has 6 heteroatoms. The number of nitrogens with zero attached hydrogens (tertiary/aromatic N) is 2. The second-order valence-electron chi connectivity index (χ2n) is 7.81. The normalized spacial score (nSPS) is 18.2. The van der Waals surface area contributed by atoms with E-state index >= 15 is 0 Å². The van der Waals surface area contributed by atoms with Crippen molar-refractivity contribution in [1.29, 1.82) is 0 Å². The number of rotatable bonds is 6. The number of hydrogen-bond donors (Lipinski definition) is 0. The van der Waals surface area contributed by atoms with Crippen LogP contribution in [0.25, 0.3) is 0 Å². The highest BCUT2D eigenvalue weighted by molar-refractivity contribution is 5.92. The Morgan fingerprint density at radius 1 is 0.900 bits per heavy atom. The van der Waals surface area contributed by atoms with Crippen LogP contribution in [0.15, 0.2) is 54.6 Å². The van der Waals surface area contributed by atoms with Gasteiger partial charge in [-0.3, -0.25) is 9.69 Å². The first kappa shape index (κ1) is 20.6. The number of carbonyl (C=O) groups excluding carboxylic acids is 2. The smallest absolute Gasteiger partial charge is 0.339 e. The maximum absolute atomic E-state index is 13.0. The van der Waals surface area contributed by atoms with Crippen LogP contribution in [-0.4, -0.2) is 61.1 Å². The minimum atomic E-state index is -0.912. The Labute approximate surface area is 177 Å². The molecule has 0 saturated carbocycles. The molecule has 2 aliphatic heterocycles. The van der Waals surface area contributed by atoms with Gasteiger partial charge >= 0.3 is 5.97 Å². The van der Waals surface area contributed by atoms with Gasteiger partial charge in [0.1, 0.15) is 0 Å². The van der Waals surface area contributed by atoms with E-state index in [1.165, 1.54) is 0 Å². The van der Waals surface area contributed by atoms with Crippen LogP contribution in [0.1, 0.15) is 40.4 Å². The quantitative estimate of drug-likeness (QED) is 0.688. The Bertz CT molecular complexity index is 841. The standard InChI is InChI=1S/C24H28N2O4/c27-23(26-12-4-5-13-26)22(20-6-2-1-3-7-20)30-24(28)21-10-8-19(9-11-21)18-25-14-16-29-17-15-25/h1-3,6-11,22H,4-5,12-18H2. The van der Waals surface area contributed by atoms with Gasteiger partial charge in [-0.15, -0.1) is 0 Å². The summed E-state index contributed by atoms with van der Waals surface area (Å²) in [7, 11) is 0. The third kappa shape index (κ3) is 5.07. The fourth-order valence-electron chi connectivity index (χ4n) is 3.93. The van der Waals surface area contributed by atoms with Crippen molar-refractivity contribution in [2.75, 3.05) is 39.4 Å². The maximum Gasteiger partial charge on any atom is 0.339 e. The van der Waals surface area contributed by atoms with Gasteiger partial charge in [0.05, 0.1) is 18.8 Å². The monoisotopic (exact) mass is 408 g/mol. The Morgan fingerprint density at radius 3 is 2.23 bits per heavy atom. The van der Waals surface area contributed by atoms with Crippen LogP contribution < -0.4 is 0 Å². The van der Waals surface area contributed by atoms with Crippen LogP contribution in [0.5, 0.6) is 0 Å². The first-order valence-electron chi connectivity index (χ1n) is 10.6. The highest BCUT2D eigenvalue weighted by Crippen LogP contribution is 2.24. The highest BCUT2D eigenvalue weighted by Gasteiger charge is 2.31. The van der Waals surface area contributed by atoms with Crippen LogP contribution in [-0.2, 0) is 20.8 Å². The number of carbonyl (C=O) groups is 2. The highest BCUT2D eigenvalue weighted by atomic mass is 16.5. The van der Waals surface area contributed by atoms with Gasteiger partial charge < -0.3 is 14.4 Å². The Hall–Kier alpha value is -2.70. The lowest BCUT2D eigenvalue weighted by molar-refractivity contribution is -0.140. The molecule has 1 unspecified atom stereocenters. The molecule has 2 aliphatic rings. The number of amides is 1. The van der Waals surface area contributed by atoms with Gasteiger partial charge in [0, 0.05) is 38.3 Å². The predicted molar refractivity (Wildman–Crippen MR) is 113 cm³/mol. The SMILES string of the molecule is O=C(OC(C(=O)N1CCCC1)c1ccccc1)c1ccc(CN2CCOCC2)cc1. The zero-order valence-electron chi connectivity index (χ0n) is 17.2. The Morgan fingerprint density at radius 2 is 1.57 bits per heavy atom. The van der Waals surface area contributed by atoms with Gasteiger partial charge in [-0.05, 0) is 30.5 Å². The number of ether oxygens (including phenoxy) is 2. The van der Waals surface area contributed by atoms with Crippen molar-refractivity contribution < 1.29 is 19.1 Å². The summed E-state index contributed by atoms with van der Waals surface area (Å²) in [5.74, 6) is -0.620. The van der Waals surface area contributed by atoms with Gasteiger partial charge in [0.15, 0.2) is 0 Å². The number of morpholine rings is 1. The van der Waals surface area contributed by atoms with E-state index in [1.807, 2.05) is 42.5 Å². The molecular formula is C24H28N2O4. The molecule has 4 rings (SSSR count). The molecule has 158 valence electrons. The average molecular weight is 408 g/mol. The summed E-state index contributed by atoms with van der Waals surface area (Å²) in [5, 5.41) is 0. The largest absolute Gasteiger partial charge is 0.444 e. The van der Waals surface area contributed by atoms with E-state index in [4.69, 9.17) is 9.47 Å². The first-order chi connectivity index (χ1) is 14.7. The van der Waals surface area contributed by atoms with Crippen LogP contribution >= 0.6 is 0 Å². The second kappa shape index (κ2) is 9.87. The van der Waals surface area contributed by atoms with Crippen molar-refractivity contribution in [1.82, 2.24) is 9.80 Å². The third-order valence-electron chi connectivity index (χ3n) is 5.67. The molecule has 0 N–H and O–H groups in total. The van der Waals surface area contributed by atoms with E-state index < -0.39 is 12.1 Å². The minimum Gasteiger partial charge on any atom is -0.444 e. The lowest BCUT2D eigenvalue weighted by Crippen LogP contribution is -2.35. The summed E-state index contributed by atoms with van der Waals surface area (Å²) in [6.07, 6.45) is 1.07. The average Bonchev–Trinajstić information content (AvgIpc) is 3.34. The van der Waals surface area contributed by atoms with E-state index in [-0.39, 0.29) is 5.91 Å². The van der Waals surface area contributed by atoms with E-state index in [9.17, 15) is 9.59 Å². The minimum absolute atomic E-state index is 0.143. The van der Waals surface area contributed by atoms with Gasteiger partial charge in [-0.1, -0.05) is 42.5 Å². The topological polar surface area (TPSA) is 59.1 Å². The fraction of sp³-hybridized carbons (Fsp3) is 0.417. The molecule has 0 aliphatic carbocycles. The Kier molecular flexibility index (Phi) is 6.77. The molecule has 1 amide bonds. The Balaban J connectivity index is 1.44. The van der Waals surface area contributed by atoms with Crippen molar-refractivity contribution >= 4 is 11.9 Å². The number of esters is 1. The zero-order chi connectivity index (χ0) is 20.8. The molecule has 2 heterocycles. The van der Waals surface area contributed by atoms with Gasteiger partial charge in [-0.25, -0.2) is 4.79 Å². The van der Waals surface area contributed by atoms with E-state index in [1.54, 1.807) is 17.0 Å². The molecule has 0 spiro atoms. The molecule has 0 bridgehead atoms. The fourth-order valence-corrected chi connectivity index (χ4v) is 3.93. The third-order valence-corrected chi connectivity index (χ3v) is 5.67. The molecular weight excluding hydrogens is 380 g/mol. The van der Waals surface area contributed by atoms with Crippen molar-refractivity contribution in [3.63, 3.8) is 0 Å². The maximum atomic E-state index is 13.0. The predicted octanol–water partition coefficient (Wildman–Crippen LogP) is 3.04. The van der Waals surface area contributed by atoms with Crippen LogP contribution in [0.2, 0.25) is 0 Å². The molecule has 2 saturated heterocycles. The summed E-state index contributed by atoms with van der Waals surface area (Å²) in [6, 6.07) is 16.7. The van der Waals surface area contributed by atoms with Crippen molar-refractivity contribution in [2.24, 2.45) is 0 Å². The lowest BCUT2D eigenvalue weighted by atomic mass is 10.1. The summed E-state index contributed by atoms with van der Waals surface area (Å²) < 4.78 is 11.1. The van der Waals surface area contributed by atoms with E-state index in [2.05, 4.69) is 4.90 Å². The van der Waals surface area contributed by atoms with Crippen LogP contribution in [0.4, 0.5) is 0 Å². The van der Waals surface area contributed by atoms with E-state index in [0.29, 0.717) is 11.1 Å². The second-order valence-corrected chi connectivity index (χ2v) is 7.81. The lowest BCUT2D eigenvalue weighted by Gasteiger charge is -2.26. The van der Waals surface area contributed by atoms with E-state index in [0.717, 1.165) is 64.3 Å². The summed E-state index contributed by atoms with van der Waals surface area (Å²) >= 11 is 0. The summed E-state index contributed by atoms with van der Waals surface area (Å²) in [5.41, 5.74) is 2.30. The zero-order valence-corrected chi connectivity index (χ0v) is 17.2. The van der Waals surface area contributed by atoms with Crippen molar-refractivity contribution in [2.45, 2.75) is 25.5 Å². The number of benzene rings is 2. The molecule has 30 heavy (non-hydrogen) atoms. The molecule has 1 atom stereocenters. The van der Waals surface area contributed by atoms with Gasteiger partial charge in [-0.2, -0.15) is 0 Å².